The normalized spacial score (nSPS) is 14.8. The molecule has 4 rings (SSSR count). The van der Waals surface area contributed by atoms with Crippen molar-refractivity contribution < 1.29 is 18.1 Å². The molecule has 2 heterocycles. The van der Waals surface area contributed by atoms with E-state index in [1.807, 2.05) is 23.1 Å². The van der Waals surface area contributed by atoms with E-state index >= 15 is 0 Å². The fourth-order valence-electron chi connectivity index (χ4n) is 4.04. The fraction of sp³-hybridized carbons (Fsp3) is 0.304. The molecule has 1 N–H and O–H groups in total. The molecule has 1 fully saturated rings. The predicted octanol–water partition coefficient (Wildman–Crippen LogP) is 5.61. The Morgan fingerprint density at radius 3 is 2.30 bits per heavy atom. The van der Waals surface area contributed by atoms with E-state index in [0.717, 1.165) is 31.4 Å². The lowest BCUT2D eigenvalue weighted by molar-refractivity contribution is -0.383. The molecule has 1 aliphatic heterocycles. The molecule has 0 atom stereocenters. The number of aromatic nitrogens is 2. The maximum Gasteiger partial charge on any atom is 0.416 e. The van der Waals surface area contributed by atoms with Crippen LogP contribution in [0.25, 0.3) is 0 Å². The quantitative estimate of drug-likeness (QED) is 0.383. The molecule has 0 aliphatic carbocycles. The molecule has 10 heteroatoms. The van der Waals surface area contributed by atoms with Crippen molar-refractivity contribution in [2.75, 3.05) is 23.3 Å². The molecule has 0 saturated carbocycles. The highest BCUT2D eigenvalue weighted by Crippen LogP contribution is 2.36. The van der Waals surface area contributed by atoms with Crippen molar-refractivity contribution in [3.63, 3.8) is 0 Å². The Hall–Kier alpha value is -3.69. The minimum atomic E-state index is -4.46. The number of hydrogen-bond acceptors (Lipinski definition) is 6. The smallest absolute Gasteiger partial charge is 0.351 e. The average Bonchev–Trinajstić information content (AvgIpc) is 2.80. The molecule has 3 aromatic rings. The summed E-state index contributed by atoms with van der Waals surface area (Å²) in [5.74, 6) is 0.632. The van der Waals surface area contributed by atoms with E-state index < -0.39 is 16.7 Å². The van der Waals surface area contributed by atoms with E-state index in [2.05, 4.69) is 27.4 Å². The molecule has 1 saturated heterocycles. The number of benzene rings is 2. The van der Waals surface area contributed by atoms with E-state index in [0.29, 0.717) is 19.0 Å². The van der Waals surface area contributed by atoms with Gasteiger partial charge in [-0.25, -0.2) is 9.97 Å². The molecule has 0 bridgehead atoms. The van der Waals surface area contributed by atoms with Gasteiger partial charge in [0.15, 0.2) is 0 Å². The van der Waals surface area contributed by atoms with Crippen LogP contribution in [-0.2, 0) is 12.6 Å². The highest BCUT2D eigenvalue weighted by atomic mass is 19.4. The van der Waals surface area contributed by atoms with Gasteiger partial charge in [0.2, 0.25) is 11.6 Å². The number of anilines is 3. The maximum absolute atomic E-state index is 12.8. The molecule has 1 aliphatic rings. The Bertz CT molecular complexity index is 1100. The van der Waals surface area contributed by atoms with Gasteiger partial charge in [0.05, 0.1) is 10.5 Å². The summed E-state index contributed by atoms with van der Waals surface area (Å²) in [6.07, 6.45) is -0.527. The summed E-state index contributed by atoms with van der Waals surface area (Å²) < 4.78 is 38.4. The molecule has 172 valence electrons. The van der Waals surface area contributed by atoms with Gasteiger partial charge in [-0.05, 0) is 55.0 Å². The number of alkyl halides is 3. The SMILES string of the molecule is O=[N+]([O-])c1c(Nc2ccc(C(F)(F)F)cc2)ncnc1N1CCC(Cc2ccccc2)CC1. The van der Waals surface area contributed by atoms with Crippen molar-refractivity contribution in [1.82, 2.24) is 9.97 Å². The first-order valence-electron chi connectivity index (χ1n) is 10.5. The monoisotopic (exact) mass is 457 g/mol. The first kappa shape index (κ1) is 22.5. The van der Waals surface area contributed by atoms with Crippen LogP contribution < -0.4 is 10.2 Å². The second-order valence-electron chi connectivity index (χ2n) is 7.97. The first-order chi connectivity index (χ1) is 15.8. The largest absolute Gasteiger partial charge is 0.416 e. The standard InChI is InChI=1S/C23H22F3N5O2/c24-23(25,26)18-6-8-19(9-7-18)29-21-20(31(32)33)22(28-15-27-21)30-12-10-17(11-13-30)14-16-4-2-1-3-5-16/h1-9,15,17H,10-14H2,(H,27,28,29). The zero-order valence-corrected chi connectivity index (χ0v) is 17.6. The van der Waals surface area contributed by atoms with E-state index in [1.54, 1.807) is 0 Å². The molecule has 0 unspecified atom stereocenters. The number of halogens is 3. The van der Waals surface area contributed by atoms with Gasteiger partial charge in [0, 0.05) is 18.8 Å². The van der Waals surface area contributed by atoms with Gasteiger partial charge in [-0.2, -0.15) is 13.2 Å². The highest BCUT2D eigenvalue weighted by molar-refractivity contribution is 5.74. The van der Waals surface area contributed by atoms with Crippen LogP contribution in [0.5, 0.6) is 0 Å². The molecular formula is C23H22F3N5O2. The number of nitro groups is 1. The van der Waals surface area contributed by atoms with Gasteiger partial charge in [0.1, 0.15) is 6.33 Å². The van der Waals surface area contributed by atoms with Gasteiger partial charge in [-0.1, -0.05) is 30.3 Å². The van der Waals surface area contributed by atoms with Crippen LogP contribution in [0.1, 0.15) is 24.0 Å². The maximum atomic E-state index is 12.8. The van der Waals surface area contributed by atoms with Crippen LogP contribution in [0.15, 0.2) is 60.9 Å². The summed E-state index contributed by atoms with van der Waals surface area (Å²) in [5.41, 5.74) is 0.438. The van der Waals surface area contributed by atoms with E-state index in [4.69, 9.17) is 0 Å². The van der Waals surface area contributed by atoms with Gasteiger partial charge in [-0.15, -0.1) is 0 Å². The summed E-state index contributed by atoms with van der Waals surface area (Å²) in [7, 11) is 0. The molecule has 1 aromatic heterocycles. The third-order valence-electron chi connectivity index (χ3n) is 5.74. The number of nitrogens with one attached hydrogen (secondary N) is 1. The average molecular weight is 457 g/mol. The number of nitrogens with zero attached hydrogens (tertiary/aromatic N) is 4. The molecule has 33 heavy (non-hydrogen) atoms. The lowest BCUT2D eigenvalue weighted by Crippen LogP contribution is -2.35. The van der Waals surface area contributed by atoms with Crippen LogP contribution in [0.2, 0.25) is 0 Å². The number of hydrogen-bond donors (Lipinski definition) is 1. The van der Waals surface area contributed by atoms with Gasteiger partial charge < -0.3 is 10.2 Å². The molecule has 0 amide bonds. The van der Waals surface area contributed by atoms with Gasteiger partial charge >= 0.3 is 11.9 Å². The van der Waals surface area contributed by atoms with Crippen LogP contribution in [0.4, 0.5) is 36.2 Å². The van der Waals surface area contributed by atoms with Crippen molar-refractivity contribution in [1.29, 1.82) is 0 Å². The molecule has 7 nitrogen and oxygen atoms in total. The highest BCUT2D eigenvalue weighted by Gasteiger charge is 2.31. The fourth-order valence-corrected chi connectivity index (χ4v) is 4.04. The van der Waals surface area contributed by atoms with E-state index in [-0.39, 0.29) is 23.0 Å². The second-order valence-corrected chi connectivity index (χ2v) is 7.97. The second kappa shape index (κ2) is 9.43. The van der Waals surface area contributed by atoms with Crippen molar-refractivity contribution in [2.24, 2.45) is 5.92 Å². The molecule has 0 spiro atoms. The van der Waals surface area contributed by atoms with Gasteiger partial charge in [-0.3, -0.25) is 10.1 Å². The number of rotatable bonds is 6. The first-order valence-corrected chi connectivity index (χ1v) is 10.5. The summed E-state index contributed by atoms with van der Waals surface area (Å²) >= 11 is 0. The number of piperidine rings is 1. The third-order valence-corrected chi connectivity index (χ3v) is 5.74. The van der Waals surface area contributed by atoms with Crippen molar-refractivity contribution in [2.45, 2.75) is 25.4 Å². The Balaban J connectivity index is 1.49. The summed E-state index contributed by atoms with van der Waals surface area (Å²) in [6.45, 7) is 1.24. The molecule has 2 aromatic carbocycles. The summed E-state index contributed by atoms with van der Waals surface area (Å²) in [5, 5.41) is 14.6. The lowest BCUT2D eigenvalue weighted by Gasteiger charge is -2.32. The summed E-state index contributed by atoms with van der Waals surface area (Å²) in [6, 6.07) is 14.5. The van der Waals surface area contributed by atoms with Crippen LogP contribution in [0, 0.1) is 16.0 Å². The Morgan fingerprint density at radius 1 is 1.03 bits per heavy atom. The molecular weight excluding hydrogens is 435 g/mol. The Kier molecular flexibility index (Phi) is 6.43. The van der Waals surface area contributed by atoms with E-state index in [9.17, 15) is 23.3 Å². The third kappa shape index (κ3) is 5.39. The Morgan fingerprint density at radius 2 is 1.70 bits per heavy atom. The zero-order valence-electron chi connectivity index (χ0n) is 17.6. The Labute approximate surface area is 188 Å². The van der Waals surface area contributed by atoms with Crippen LogP contribution in [-0.4, -0.2) is 28.0 Å². The van der Waals surface area contributed by atoms with E-state index in [1.165, 1.54) is 24.0 Å². The van der Waals surface area contributed by atoms with Gasteiger partial charge in [0.25, 0.3) is 0 Å². The zero-order chi connectivity index (χ0) is 23.4. The summed E-state index contributed by atoms with van der Waals surface area (Å²) in [4.78, 5) is 21.3. The van der Waals surface area contributed by atoms with Crippen molar-refractivity contribution in [3.8, 4) is 0 Å². The minimum Gasteiger partial charge on any atom is -0.351 e. The minimum absolute atomic E-state index is 0.0591. The molecule has 0 radical (unpaired) electrons. The van der Waals surface area contributed by atoms with Crippen molar-refractivity contribution >= 4 is 23.0 Å². The van der Waals surface area contributed by atoms with Crippen LogP contribution >= 0.6 is 0 Å². The topological polar surface area (TPSA) is 84.2 Å². The predicted molar refractivity (Wildman–Crippen MR) is 118 cm³/mol. The lowest BCUT2D eigenvalue weighted by atomic mass is 9.90. The van der Waals surface area contributed by atoms with Crippen LogP contribution in [0.3, 0.4) is 0 Å². The van der Waals surface area contributed by atoms with Crippen molar-refractivity contribution in [3.05, 3.63) is 82.2 Å².